The summed E-state index contributed by atoms with van der Waals surface area (Å²) in [5, 5.41) is 0. The lowest BCUT2D eigenvalue weighted by atomic mass is 10.1. The maximum atomic E-state index is 14.1. The number of ether oxygens (including phenoxy) is 1. The van der Waals surface area contributed by atoms with Crippen molar-refractivity contribution in [3.63, 3.8) is 0 Å². The molecule has 0 N–H and O–H groups in total. The number of hydrogen-bond donors (Lipinski definition) is 0. The van der Waals surface area contributed by atoms with Crippen molar-refractivity contribution in [3.05, 3.63) is 42.2 Å². The number of esters is 1. The van der Waals surface area contributed by atoms with Gasteiger partial charge in [-0.1, -0.05) is 39.0 Å². The van der Waals surface area contributed by atoms with Crippen LogP contribution in [0.4, 0.5) is 8.78 Å². The van der Waals surface area contributed by atoms with Crippen molar-refractivity contribution in [3.8, 4) is 17.1 Å². The van der Waals surface area contributed by atoms with Crippen molar-refractivity contribution in [2.24, 2.45) is 16.7 Å². The van der Waals surface area contributed by atoms with Crippen molar-refractivity contribution in [2.75, 3.05) is 0 Å². The van der Waals surface area contributed by atoms with Crippen LogP contribution < -0.4 is 4.74 Å². The molecule has 3 saturated carbocycles. The summed E-state index contributed by atoms with van der Waals surface area (Å²) in [7, 11) is 0. The van der Waals surface area contributed by atoms with E-state index in [1.807, 2.05) is 12.4 Å². The monoisotopic (exact) mass is 440 g/mol. The maximum absolute atomic E-state index is 14.1. The number of hydrogen-bond acceptors (Lipinski definition) is 4. The Morgan fingerprint density at radius 3 is 2.31 bits per heavy atom. The second-order valence-corrected chi connectivity index (χ2v) is 9.76. The Bertz CT molecular complexity index is 980. The number of benzene rings is 1. The summed E-state index contributed by atoms with van der Waals surface area (Å²) in [6, 6.07) is 6.94. The molecule has 3 fully saturated rings. The van der Waals surface area contributed by atoms with E-state index in [0.29, 0.717) is 24.4 Å². The summed E-state index contributed by atoms with van der Waals surface area (Å²) in [6.45, 7) is 2.22. The predicted octanol–water partition coefficient (Wildman–Crippen LogP) is 6.39. The van der Waals surface area contributed by atoms with E-state index in [2.05, 4.69) is 16.9 Å². The number of rotatable bonds is 10. The van der Waals surface area contributed by atoms with Crippen LogP contribution in [0.15, 0.2) is 36.7 Å². The number of unbranched alkanes of at least 4 members (excludes halogenated alkanes) is 5. The topological polar surface area (TPSA) is 52.1 Å². The Hall–Kier alpha value is -2.37. The number of nitrogens with zero attached hydrogens (tertiary/aromatic N) is 2. The summed E-state index contributed by atoms with van der Waals surface area (Å²) >= 11 is 0. The second-order valence-electron chi connectivity index (χ2n) is 9.76. The smallest absolute Gasteiger partial charge is 0.315 e. The number of carbonyl (C=O) groups is 1. The largest absolute Gasteiger partial charge is 0.426 e. The van der Waals surface area contributed by atoms with Crippen LogP contribution in [0.3, 0.4) is 0 Å². The SMILES string of the molecule is CCCCCCCCc1cnc(-c2ccc(OC(=O)[C@H]3C[C@]34C(F)(F)C43CC3)cc2)nc1. The van der Waals surface area contributed by atoms with Gasteiger partial charge in [-0.05, 0) is 61.9 Å². The number of aromatic nitrogens is 2. The molecule has 0 aliphatic heterocycles. The maximum Gasteiger partial charge on any atom is 0.315 e. The molecule has 1 heterocycles. The van der Waals surface area contributed by atoms with Gasteiger partial charge in [-0.3, -0.25) is 4.79 Å². The van der Waals surface area contributed by atoms with E-state index in [9.17, 15) is 13.6 Å². The van der Waals surface area contributed by atoms with E-state index in [-0.39, 0.29) is 6.42 Å². The standard InChI is InChI=1S/C26H30F2N2O2/c1-2-3-4-5-6-7-8-18-16-29-22(30-17-18)19-9-11-20(12-10-19)32-23(31)21-15-25(21)24(13-14-24)26(25,27)28/h9-12,16-17,21H,2-8,13-15H2,1H3/t21-,25+/m1/s1. The van der Waals surface area contributed by atoms with E-state index in [1.165, 1.54) is 32.1 Å². The fourth-order valence-electron chi connectivity index (χ4n) is 5.61. The zero-order chi connectivity index (χ0) is 22.4. The average Bonchev–Trinajstić information content (AvgIpc) is 3.70. The minimum atomic E-state index is -2.69. The van der Waals surface area contributed by atoms with Crippen LogP contribution in [0.5, 0.6) is 5.75 Å². The molecule has 0 radical (unpaired) electrons. The first kappa shape index (κ1) is 21.5. The van der Waals surface area contributed by atoms with Gasteiger partial charge >= 0.3 is 5.97 Å². The van der Waals surface area contributed by atoms with Gasteiger partial charge in [0.05, 0.1) is 11.3 Å². The van der Waals surface area contributed by atoms with Crippen molar-refractivity contribution in [1.82, 2.24) is 9.97 Å². The lowest BCUT2D eigenvalue weighted by Gasteiger charge is -2.06. The van der Waals surface area contributed by atoms with Crippen LogP contribution in [0, 0.1) is 16.7 Å². The summed E-state index contributed by atoms with van der Waals surface area (Å²) in [5.41, 5.74) is -0.0169. The van der Waals surface area contributed by atoms with Crippen LogP contribution in [0.25, 0.3) is 11.4 Å². The van der Waals surface area contributed by atoms with Gasteiger partial charge in [0.1, 0.15) is 5.75 Å². The molecule has 0 saturated heterocycles. The summed E-state index contributed by atoms with van der Waals surface area (Å²) in [4.78, 5) is 21.3. The Labute approximate surface area is 187 Å². The van der Waals surface area contributed by atoms with Crippen LogP contribution in [0.1, 0.15) is 70.3 Å². The molecule has 32 heavy (non-hydrogen) atoms. The van der Waals surface area contributed by atoms with Crippen molar-refractivity contribution < 1.29 is 18.3 Å². The molecule has 3 aliphatic carbocycles. The van der Waals surface area contributed by atoms with Crippen LogP contribution in [-0.4, -0.2) is 21.9 Å². The highest BCUT2D eigenvalue weighted by molar-refractivity contribution is 5.82. The van der Waals surface area contributed by atoms with Crippen LogP contribution in [0.2, 0.25) is 0 Å². The van der Waals surface area contributed by atoms with E-state index >= 15 is 0 Å². The molecule has 2 aromatic rings. The zero-order valence-electron chi connectivity index (χ0n) is 18.6. The van der Waals surface area contributed by atoms with Gasteiger partial charge in [0, 0.05) is 23.4 Å². The minimum absolute atomic E-state index is 0.260. The summed E-state index contributed by atoms with van der Waals surface area (Å²) in [5.74, 6) is -2.90. The van der Waals surface area contributed by atoms with Crippen molar-refractivity contribution in [2.45, 2.75) is 77.1 Å². The molecule has 3 aliphatic rings. The number of carbonyl (C=O) groups excluding carboxylic acids is 1. The Balaban J connectivity index is 1.11. The first-order valence-corrected chi connectivity index (χ1v) is 12.0. The van der Waals surface area contributed by atoms with Gasteiger partial charge in [-0.25, -0.2) is 18.7 Å². The lowest BCUT2D eigenvalue weighted by molar-refractivity contribution is -0.136. The summed E-state index contributed by atoms with van der Waals surface area (Å²) < 4.78 is 33.7. The molecule has 1 aromatic heterocycles. The molecule has 170 valence electrons. The summed E-state index contributed by atoms with van der Waals surface area (Å²) in [6.07, 6.45) is 13.6. The average molecular weight is 441 g/mol. The number of halogens is 2. The highest BCUT2D eigenvalue weighted by Gasteiger charge is 3.04. The first-order valence-electron chi connectivity index (χ1n) is 12.0. The highest BCUT2D eigenvalue weighted by Crippen LogP contribution is 2.97. The molecule has 0 bridgehead atoms. The minimum Gasteiger partial charge on any atom is -0.426 e. The quantitative estimate of drug-likeness (QED) is 0.244. The van der Waals surface area contributed by atoms with Gasteiger partial charge in [0.2, 0.25) is 0 Å². The second kappa shape index (κ2) is 7.89. The Morgan fingerprint density at radius 1 is 1.03 bits per heavy atom. The molecule has 2 spiro atoms. The number of fused-ring (bicyclic) bond motifs is 1. The molecular formula is C26H30F2N2O2. The normalized spacial score (nSPS) is 25.7. The van der Waals surface area contributed by atoms with Crippen LogP contribution >= 0.6 is 0 Å². The van der Waals surface area contributed by atoms with Gasteiger partial charge in [0.25, 0.3) is 5.92 Å². The fourth-order valence-corrected chi connectivity index (χ4v) is 5.61. The van der Waals surface area contributed by atoms with Gasteiger partial charge in [-0.15, -0.1) is 0 Å². The Kier molecular flexibility index (Phi) is 5.30. The number of alkyl halides is 2. The van der Waals surface area contributed by atoms with E-state index in [4.69, 9.17) is 4.74 Å². The third kappa shape index (κ3) is 3.34. The highest BCUT2D eigenvalue weighted by atomic mass is 19.3. The molecule has 1 aromatic carbocycles. The van der Waals surface area contributed by atoms with E-state index in [1.54, 1.807) is 24.3 Å². The van der Waals surface area contributed by atoms with Crippen molar-refractivity contribution in [1.29, 1.82) is 0 Å². The molecule has 5 rings (SSSR count). The third-order valence-electron chi connectivity index (χ3n) is 7.80. The van der Waals surface area contributed by atoms with Gasteiger partial charge in [-0.2, -0.15) is 0 Å². The fraction of sp³-hybridized carbons (Fsp3) is 0.577. The zero-order valence-corrected chi connectivity index (χ0v) is 18.6. The van der Waals surface area contributed by atoms with Crippen LogP contribution in [-0.2, 0) is 11.2 Å². The third-order valence-corrected chi connectivity index (χ3v) is 7.80. The van der Waals surface area contributed by atoms with E-state index < -0.39 is 28.6 Å². The number of aryl methyl sites for hydroxylation is 1. The van der Waals surface area contributed by atoms with E-state index in [0.717, 1.165) is 24.0 Å². The lowest BCUT2D eigenvalue weighted by Crippen LogP contribution is -2.13. The first-order chi connectivity index (χ1) is 15.4. The molecule has 6 heteroatoms. The van der Waals surface area contributed by atoms with Crippen molar-refractivity contribution >= 4 is 5.97 Å². The van der Waals surface area contributed by atoms with Gasteiger partial charge in [0.15, 0.2) is 5.82 Å². The predicted molar refractivity (Wildman–Crippen MR) is 117 cm³/mol. The molecule has 4 nitrogen and oxygen atoms in total. The molecular weight excluding hydrogens is 410 g/mol. The Morgan fingerprint density at radius 2 is 1.69 bits per heavy atom. The van der Waals surface area contributed by atoms with Gasteiger partial charge < -0.3 is 4.74 Å². The molecule has 0 unspecified atom stereocenters. The molecule has 2 atom stereocenters. The molecule has 0 amide bonds.